The lowest BCUT2D eigenvalue weighted by Crippen LogP contribution is -2.17. The van der Waals surface area contributed by atoms with Crippen LogP contribution in [0.2, 0.25) is 0 Å². The van der Waals surface area contributed by atoms with Crippen molar-refractivity contribution >= 4 is 5.97 Å². The van der Waals surface area contributed by atoms with E-state index in [1.54, 1.807) is 25.1 Å². The molecule has 0 spiro atoms. The fourth-order valence-corrected chi connectivity index (χ4v) is 2.07. The zero-order chi connectivity index (χ0) is 14.7. The molecule has 2 aromatic rings. The lowest BCUT2D eigenvalue weighted by atomic mass is 10.2. The molecular formula is C15H16FNO3. The summed E-state index contributed by atoms with van der Waals surface area (Å²) in [5.41, 5.74) is 0.760. The number of aryl methyl sites for hydroxylation is 1. The number of furan rings is 1. The topological polar surface area (TPSA) is 53.7 Å². The molecule has 0 atom stereocenters. The third kappa shape index (κ3) is 3.24. The second-order valence-corrected chi connectivity index (χ2v) is 4.75. The van der Waals surface area contributed by atoms with Crippen LogP contribution in [0.1, 0.15) is 27.4 Å². The van der Waals surface area contributed by atoms with Crippen LogP contribution in [0.4, 0.5) is 4.39 Å². The van der Waals surface area contributed by atoms with E-state index >= 15 is 0 Å². The van der Waals surface area contributed by atoms with E-state index in [9.17, 15) is 9.18 Å². The minimum Gasteiger partial charge on any atom is -0.478 e. The number of nitrogens with zero attached hydrogens (tertiary/aromatic N) is 1. The number of carboxylic acid groups (broad SMARTS) is 1. The Kier molecular flexibility index (Phi) is 4.20. The molecule has 0 radical (unpaired) electrons. The second-order valence-electron chi connectivity index (χ2n) is 4.75. The van der Waals surface area contributed by atoms with Crippen LogP contribution in [0.3, 0.4) is 0 Å². The van der Waals surface area contributed by atoms with Gasteiger partial charge in [0.2, 0.25) is 0 Å². The summed E-state index contributed by atoms with van der Waals surface area (Å²) in [4.78, 5) is 12.8. The van der Waals surface area contributed by atoms with E-state index in [-0.39, 0.29) is 11.4 Å². The van der Waals surface area contributed by atoms with Gasteiger partial charge in [-0.05, 0) is 26.1 Å². The van der Waals surface area contributed by atoms with E-state index in [2.05, 4.69) is 0 Å². The SMILES string of the molecule is Cc1oc(CN(C)Cc2ccccc2F)cc1C(=O)O. The number of carbonyl (C=O) groups is 1. The maximum Gasteiger partial charge on any atom is 0.339 e. The summed E-state index contributed by atoms with van der Waals surface area (Å²) >= 11 is 0. The van der Waals surface area contributed by atoms with Gasteiger partial charge >= 0.3 is 5.97 Å². The lowest BCUT2D eigenvalue weighted by molar-refractivity contribution is 0.0695. The molecule has 0 unspecified atom stereocenters. The van der Waals surface area contributed by atoms with Crippen LogP contribution in [-0.4, -0.2) is 23.0 Å². The third-order valence-corrected chi connectivity index (χ3v) is 3.02. The summed E-state index contributed by atoms with van der Waals surface area (Å²) < 4.78 is 18.9. The van der Waals surface area contributed by atoms with Gasteiger partial charge in [-0.1, -0.05) is 18.2 Å². The number of benzene rings is 1. The highest BCUT2D eigenvalue weighted by Gasteiger charge is 2.15. The monoisotopic (exact) mass is 277 g/mol. The van der Waals surface area contributed by atoms with Crippen molar-refractivity contribution in [3.8, 4) is 0 Å². The zero-order valence-electron chi connectivity index (χ0n) is 11.4. The quantitative estimate of drug-likeness (QED) is 0.912. The van der Waals surface area contributed by atoms with Gasteiger partial charge < -0.3 is 9.52 Å². The molecule has 0 aliphatic rings. The maximum atomic E-state index is 13.5. The molecule has 20 heavy (non-hydrogen) atoms. The molecule has 5 heteroatoms. The molecule has 1 aromatic carbocycles. The molecule has 1 aromatic heterocycles. The first-order valence-electron chi connectivity index (χ1n) is 6.22. The molecule has 0 aliphatic carbocycles. The van der Waals surface area contributed by atoms with Crippen LogP contribution < -0.4 is 0 Å². The fraction of sp³-hybridized carbons (Fsp3) is 0.267. The molecule has 1 N–H and O–H groups in total. The Morgan fingerprint density at radius 2 is 2.05 bits per heavy atom. The van der Waals surface area contributed by atoms with Gasteiger partial charge in [0.05, 0.1) is 6.54 Å². The summed E-state index contributed by atoms with van der Waals surface area (Å²) in [6.45, 7) is 2.46. The highest BCUT2D eigenvalue weighted by molar-refractivity contribution is 5.88. The number of halogens is 1. The first-order valence-corrected chi connectivity index (χ1v) is 6.22. The number of rotatable bonds is 5. The lowest BCUT2D eigenvalue weighted by Gasteiger charge is -2.15. The molecule has 0 saturated carbocycles. The Hall–Kier alpha value is -2.14. The number of carboxylic acids is 1. The maximum absolute atomic E-state index is 13.5. The average molecular weight is 277 g/mol. The molecular weight excluding hydrogens is 261 g/mol. The van der Waals surface area contributed by atoms with Crippen LogP contribution in [0.5, 0.6) is 0 Å². The van der Waals surface area contributed by atoms with Crippen molar-refractivity contribution in [3.63, 3.8) is 0 Å². The fourth-order valence-electron chi connectivity index (χ4n) is 2.07. The van der Waals surface area contributed by atoms with E-state index < -0.39 is 5.97 Å². The minimum atomic E-state index is -1.01. The number of hydrogen-bond donors (Lipinski definition) is 1. The first kappa shape index (κ1) is 14.3. The third-order valence-electron chi connectivity index (χ3n) is 3.02. The zero-order valence-corrected chi connectivity index (χ0v) is 11.4. The molecule has 1 heterocycles. The van der Waals surface area contributed by atoms with Crippen molar-refractivity contribution in [2.75, 3.05) is 7.05 Å². The summed E-state index contributed by atoms with van der Waals surface area (Å²) in [6.07, 6.45) is 0. The molecule has 0 saturated heterocycles. The first-order chi connectivity index (χ1) is 9.47. The smallest absolute Gasteiger partial charge is 0.339 e. The highest BCUT2D eigenvalue weighted by Crippen LogP contribution is 2.17. The normalized spacial score (nSPS) is 11.0. The molecule has 4 nitrogen and oxygen atoms in total. The van der Waals surface area contributed by atoms with Gasteiger partial charge in [0.15, 0.2) is 0 Å². The number of aromatic carboxylic acids is 1. The van der Waals surface area contributed by atoms with Gasteiger partial charge in [0, 0.05) is 12.1 Å². The van der Waals surface area contributed by atoms with Crippen molar-refractivity contribution < 1.29 is 18.7 Å². The van der Waals surface area contributed by atoms with Gasteiger partial charge in [0.1, 0.15) is 22.9 Å². The van der Waals surface area contributed by atoms with Crippen molar-refractivity contribution in [1.82, 2.24) is 4.90 Å². The van der Waals surface area contributed by atoms with Crippen molar-refractivity contribution in [2.45, 2.75) is 20.0 Å². The average Bonchev–Trinajstić information content (AvgIpc) is 2.73. The van der Waals surface area contributed by atoms with Crippen molar-refractivity contribution in [3.05, 3.63) is 58.8 Å². The molecule has 2 rings (SSSR count). The van der Waals surface area contributed by atoms with Crippen LogP contribution in [0.15, 0.2) is 34.7 Å². The molecule has 106 valence electrons. The Morgan fingerprint density at radius 3 is 2.65 bits per heavy atom. The van der Waals surface area contributed by atoms with Gasteiger partial charge in [-0.3, -0.25) is 4.90 Å². The molecule has 0 bridgehead atoms. The van der Waals surface area contributed by atoms with Gasteiger partial charge in [0.25, 0.3) is 0 Å². The predicted octanol–water partition coefficient (Wildman–Crippen LogP) is 3.06. The standard InChI is InChI=1S/C15H16FNO3/c1-10-13(15(18)19)7-12(20-10)9-17(2)8-11-5-3-4-6-14(11)16/h3-7H,8-9H2,1-2H3,(H,18,19). The van der Waals surface area contributed by atoms with Crippen LogP contribution in [-0.2, 0) is 13.1 Å². The van der Waals surface area contributed by atoms with Crippen molar-refractivity contribution in [1.29, 1.82) is 0 Å². The van der Waals surface area contributed by atoms with E-state index in [1.165, 1.54) is 12.1 Å². The second kappa shape index (κ2) is 5.88. The summed E-state index contributed by atoms with van der Waals surface area (Å²) in [5, 5.41) is 8.96. The van der Waals surface area contributed by atoms with E-state index in [0.717, 1.165) is 0 Å². The summed E-state index contributed by atoms with van der Waals surface area (Å²) in [6, 6.07) is 8.08. The van der Waals surface area contributed by atoms with Crippen LogP contribution in [0, 0.1) is 12.7 Å². The summed E-state index contributed by atoms with van der Waals surface area (Å²) in [5.74, 6) is -0.319. The Bertz CT molecular complexity index is 621. The molecule has 0 aliphatic heterocycles. The van der Waals surface area contributed by atoms with Gasteiger partial charge in [-0.25, -0.2) is 9.18 Å². The van der Waals surface area contributed by atoms with Crippen LogP contribution in [0.25, 0.3) is 0 Å². The van der Waals surface area contributed by atoms with Crippen LogP contribution >= 0.6 is 0 Å². The van der Waals surface area contributed by atoms with E-state index in [4.69, 9.17) is 9.52 Å². The number of hydrogen-bond acceptors (Lipinski definition) is 3. The van der Waals surface area contributed by atoms with E-state index in [0.29, 0.717) is 30.2 Å². The highest BCUT2D eigenvalue weighted by atomic mass is 19.1. The molecule has 0 fully saturated rings. The largest absolute Gasteiger partial charge is 0.478 e. The Morgan fingerprint density at radius 1 is 1.35 bits per heavy atom. The molecule has 0 amide bonds. The minimum absolute atomic E-state index is 0.166. The Balaban J connectivity index is 2.05. The van der Waals surface area contributed by atoms with Gasteiger partial charge in [-0.2, -0.15) is 0 Å². The summed E-state index contributed by atoms with van der Waals surface area (Å²) in [7, 11) is 1.82. The Labute approximate surface area is 116 Å². The predicted molar refractivity (Wildman–Crippen MR) is 72.0 cm³/mol. The van der Waals surface area contributed by atoms with E-state index in [1.807, 2.05) is 11.9 Å². The van der Waals surface area contributed by atoms with Gasteiger partial charge in [-0.15, -0.1) is 0 Å². The van der Waals surface area contributed by atoms with Crippen molar-refractivity contribution in [2.24, 2.45) is 0 Å².